The summed E-state index contributed by atoms with van der Waals surface area (Å²) in [6, 6.07) is 14.8. The lowest BCUT2D eigenvalue weighted by Gasteiger charge is -2.23. The van der Waals surface area contributed by atoms with Crippen LogP contribution in [0, 0.1) is 5.82 Å². The molecule has 2 aromatic carbocycles. The van der Waals surface area contributed by atoms with Crippen LogP contribution in [0.15, 0.2) is 66.0 Å². The Hall–Kier alpha value is -3.63. The van der Waals surface area contributed by atoms with Gasteiger partial charge < -0.3 is 15.0 Å². The quantitative estimate of drug-likeness (QED) is 0.352. The van der Waals surface area contributed by atoms with Crippen LogP contribution in [0.1, 0.15) is 28.6 Å². The van der Waals surface area contributed by atoms with Crippen LogP contribution in [-0.4, -0.2) is 40.4 Å². The van der Waals surface area contributed by atoms with Gasteiger partial charge in [-0.15, -0.1) is 11.3 Å². The summed E-state index contributed by atoms with van der Waals surface area (Å²) in [5, 5.41) is 4.95. The first-order valence-corrected chi connectivity index (χ1v) is 12.2. The molecule has 35 heavy (non-hydrogen) atoms. The van der Waals surface area contributed by atoms with Crippen molar-refractivity contribution in [3.05, 3.63) is 82.3 Å². The second kappa shape index (κ2) is 10.7. The molecular weight excluding hydrogens is 489 g/mol. The highest BCUT2D eigenvalue weighted by Crippen LogP contribution is 2.30. The second-order valence-electron chi connectivity index (χ2n) is 7.71. The standard InChI is InChI=1S/C25H22FN3O4S2/c1-2-33-24(32)16-5-9-18(10-6-16)27-22(30)14-21-23(31)29(19-11-7-17(26)8-12-19)25(34)28(21)15-20-4-3-13-35-20/h3-13,21H,2,14-15H2,1H3,(H,27,30). The van der Waals surface area contributed by atoms with Crippen molar-refractivity contribution in [2.24, 2.45) is 0 Å². The number of halogens is 1. The van der Waals surface area contributed by atoms with Crippen LogP contribution >= 0.6 is 23.6 Å². The van der Waals surface area contributed by atoms with E-state index >= 15 is 0 Å². The van der Waals surface area contributed by atoms with Gasteiger partial charge in [-0.3, -0.25) is 14.5 Å². The number of carbonyl (C=O) groups excluding carboxylic acids is 3. The number of nitrogens with zero attached hydrogens (tertiary/aromatic N) is 2. The molecule has 0 aliphatic carbocycles. The molecule has 10 heteroatoms. The van der Waals surface area contributed by atoms with Crippen molar-refractivity contribution in [1.82, 2.24) is 4.90 Å². The highest BCUT2D eigenvalue weighted by atomic mass is 32.1. The number of hydrogen-bond acceptors (Lipinski definition) is 6. The number of hydrogen-bond donors (Lipinski definition) is 1. The Labute approximate surface area is 211 Å². The van der Waals surface area contributed by atoms with Gasteiger partial charge in [0.05, 0.1) is 30.8 Å². The Bertz CT molecular complexity index is 1230. The van der Waals surface area contributed by atoms with Crippen molar-refractivity contribution >= 4 is 57.8 Å². The maximum absolute atomic E-state index is 13.4. The van der Waals surface area contributed by atoms with Crippen LogP contribution in [0.3, 0.4) is 0 Å². The first-order valence-electron chi connectivity index (χ1n) is 10.9. The number of amides is 2. The smallest absolute Gasteiger partial charge is 0.338 e. The van der Waals surface area contributed by atoms with Gasteiger partial charge in [-0.1, -0.05) is 6.07 Å². The number of ether oxygens (including phenoxy) is 1. The first kappa shape index (κ1) is 24.5. The molecule has 1 aliphatic heterocycles. The van der Waals surface area contributed by atoms with Gasteiger partial charge in [-0.25, -0.2) is 9.18 Å². The fourth-order valence-electron chi connectivity index (χ4n) is 3.70. The number of benzene rings is 2. The number of nitrogens with one attached hydrogen (secondary N) is 1. The normalized spacial score (nSPS) is 15.4. The third kappa shape index (κ3) is 5.55. The molecule has 1 N–H and O–H groups in total. The molecule has 0 radical (unpaired) electrons. The largest absolute Gasteiger partial charge is 0.462 e. The summed E-state index contributed by atoms with van der Waals surface area (Å²) in [6.07, 6.45) is -0.137. The topological polar surface area (TPSA) is 78.9 Å². The van der Waals surface area contributed by atoms with Crippen molar-refractivity contribution in [2.75, 3.05) is 16.8 Å². The van der Waals surface area contributed by atoms with Crippen molar-refractivity contribution in [3.63, 3.8) is 0 Å². The molecule has 0 bridgehead atoms. The van der Waals surface area contributed by atoms with Gasteiger partial charge in [0.25, 0.3) is 5.91 Å². The fourth-order valence-corrected chi connectivity index (χ4v) is 4.79. The predicted molar refractivity (Wildman–Crippen MR) is 136 cm³/mol. The van der Waals surface area contributed by atoms with E-state index in [9.17, 15) is 18.8 Å². The molecule has 2 amide bonds. The average Bonchev–Trinajstić information content (AvgIpc) is 3.43. The zero-order chi connectivity index (χ0) is 24.9. The molecule has 7 nitrogen and oxygen atoms in total. The Morgan fingerprint density at radius 2 is 1.83 bits per heavy atom. The fraction of sp³-hybridized carbons (Fsp3) is 0.200. The van der Waals surface area contributed by atoms with Gasteiger partial charge in [-0.05, 0) is 79.1 Å². The van der Waals surface area contributed by atoms with Crippen LogP contribution in [0.4, 0.5) is 15.8 Å². The molecule has 1 unspecified atom stereocenters. The lowest BCUT2D eigenvalue weighted by molar-refractivity contribution is -0.124. The van der Waals surface area contributed by atoms with E-state index in [1.165, 1.54) is 40.5 Å². The van der Waals surface area contributed by atoms with Crippen molar-refractivity contribution in [1.29, 1.82) is 0 Å². The molecule has 1 aliphatic rings. The molecule has 1 aromatic heterocycles. The summed E-state index contributed by atoms with van der Waals surface area (Å²) >= 11 is 7.14. The van der Waals surface area contributed by atoms with Crippen molar-refractivity contribution in [2.45, 2.75) is 25.9 Å². The van der Waals surface area contributed by atoms with Gasteiger partial charge in [0.1, 0.15) is 11.9 Å². The molecule has 1 saturated heterocycles. The van der Waals surface area contributed by atoms with Crippen LogP contribution < -0.4 is 10.2 Å². The number of carbonyl (C=O) groups is 3. The van der Waals surface area contributed by atoms with Crippen molar-refractivity contribution in [3.8, 4) is 0 Å². The van der Waals surface area contributed by atoms with E-state index in [4.69, 9.17) is 17.0 Å². The zero-order valence-electron chi connectivity index (χ0n) is 18.8. The Kier molecular flexibility index (Phi) is 7.52. The van der Waals surface area contributed by atoms with Gasteiger partial charge in [0.15, 0.2) is 5.11 Å². The van der Waals surface area contributed by atoms with Crippen molar-refractivity contribution < 1.29 is 23.5 Å². The van der Waals surface area contributed by atoms with Crippen LogP contribution in [0.2, 0.25) is 0 Å². The van der Waals surface area contributed by atoms with Crippen LogP contribution in [0.25, 0.3) is 0 Å². The number of thiocarbonyl (C=S) groups is 1. The number of thiophene rings is 1. The molecule has 3 aromatic rings. The van der Waals surface area contributed by atoms with Gasteiger partial charge >= 0.3 is 5.97 Å². The average molecular weight is 512 g/mol. The van der Waals surface area contributed by atoms with Crippen LogP contribution in [-0.2, 0) is 20.9 Å². The Morgan fingerprint density at radius 1 is 1.11 bits per heavy atom. The van der Waals surface area contributed by atoms with E-state index in [0.717, 1.165) is 4.88 Å². The molecule has 180 valence electrons. The maximum Gasteiger partial charge on any atom is 0.338 e. The Morgan fingerprint density at radius 3 is 2.46 bits per heavy atom. The molecular formula is C25H22FN3O4S2. The van der Waals surface area contributed by atoms with E-state index in [1.807, 2.05) is 17.5 Å². The van der Waals surface area contributed by atoms with E-state index in [2.05, 4.69) is 5.32 Å². The minimum absolute atomic E-state index is 0.137. The summed E-state index contributed by atoms with van der Waals surface area (Å²) in [5.41, 5.74) is 1.30. The van der Waals surface area contributed by atoms with Gasteiger partial charge in [0.2, 0.25) is 5.91 Å². The first-order chi connectivity index (χ1) is 16.9. The minimum atomic E-state index is -0.826. The zero-order valence-corrected chi connectivity index (χ0v) is 20.4. The van der Waals surface area contributed by atoms with Gasteiger partial charge in [-0.2, -0.15) is 0 Å². The molecule has 0 saturated carbocycles. The highest BCUT2D eigenvalue weighted by Gasteiger charge is 2.44. The molecule has 0 spiro atoms. The number of rotatable bonds is 8. The lowest BCUT2D eigenvalue weighted by atomic mass is 10.1. The highest BCUT2D eigenvalue weighted by molar-refractivity contribution is 7.80. The van der Waals surface area contributed by atoms with E-state index in [1.54, 1.807) is 36.1 Å². The monoisotopic (exact) mass is 511 g/mol. The van der Waals surface area contributed by atoms with Crippen LogP contribution in [0.5, 0.6) is 0 Å². The predicted octanol–water partition coefficient (Wildman–Crippen LogP) is 4.60. The third-order valence-electron chi connectivity index (χ3n) is 5.37. The van der Waals surface area contributed by atoms with Gasteiger partial charge in [0, 0.05) is 10.6 Å². The third-order valence-corrected chi connectivity index (χ3v) is 6.65. The SMILES string of the molecule is CCOC(=O)c1ccc(NC(=O)CC2C(=O)N(c3ccc(F)cc3)C(=S)N2Cc2cccs2)cc1. The summed E-state index contributed by atoms with van der Waals surface area (Å²) in [5.74, 6) is -1.61. The lowest BCUT2D eigenvalue weighted by Crippen LogP contribution is -2.37. The Balaban J connectivity index is 1.51. The maximum atomic E-state index is 13.4. The molecule has 2 heterocycles. The summed E-state index contributed by atoms with van der Waals surface area (Å²) in [4.78, 5) is 42.1. The van der Waals surface area contributed by atoms with E-state index in [-0.39, 0.29) is 30.0 Å². The number of anilines is 2. The summed E-state index contributed by atoms with van der Waals surface area (Å²) < 4.78 is 18.4. The molecule has 4 rings (SSSR count). The summed E-state index contributed by atoms with van der Waals surface area (Å²) in [6.45, 7) is 2.36. The van der Waals surface area contributed by atoms with E-state index < -0.39 is 17.8 Å². The molecule has 1 fully saturated rings. The minimum Gasteiger partial charge on any atom is -0.462 e. The number of esters is 1. The summed E-state index contributed by atoms with van der Waals surface area (Å²) in [7, 11) is 0. The molecule has 1 atom stereocenters. The second-order valence-corrected chi connectivity index (χ2v) is 9.10. The van der Waals surface area contributed by atoms with E-state index in [0.29, 0.717) is 23.5 Å².